The van der Waals surface area contributed by atoms with E-state index in [2.05, 4.69) is 15.9 Å². The highest BCUT2D eigenvalue weighted by atomic mass is 79.9. The normalized spacial score (nSPS) is 23.0. The van der Waals surface area contributed by atoms with Gasteiger partial charge in [0.25, 0.3) is 0 Å². The van der Waals surface area contributed by atoms with Crippen molar-refractivity contribution >= 4 is 26.0 Å². The molecule has 1 fully saturated rings. The van der Waals surface area contributed by atoms with E-state index in [9.17, 15) is 8.42 Å². The number of ether oxygens (including phenoxy) is 2. The monoisotopic (exact) mass is 377 g/mol. The average Bonchev–Trinajstić information content (AvgIpc) is 2.36. The van der Waals surface area contributed by atoms with Crippen molar-refractivity contribution in [3.8, 4) is 5.75 Å². The molecule has 1 heterocycles. The lowest BCUT2D eigenvalue weighted by Gasteiger charge is -2.40. The molecule has 1 aliphatic rings. The third kappa shape index (κ3) is 3.59. The Balaban J connectivity index is 2.35. The maximum atomic E-state index is 12.8. The van der Waals surface area contributed by atoms with Gasteiger partial charge in [0.15, 0.2) is 0 Å². The molecular weight excluding hydrogens is 358 g/mol. The highest BCUT2D eigenvalue weighted by Crippen LogP contribution is 2.31. The molecule has 7 heteroatoms. The molecule has 0 aromatic heterocycles. The Morgan fingerprint density at radius 2 is 2.10 bits per heavy atom. The first-order valence-electron chi connectivity index (χ1n) is 6.67. The summed E-state index contributed by atoms with van der Waals surface area (Å²) in [5.41, 5.74) is -0.492. The first kappa shape index (κ1) is 16.7. The molecule has 0 radical (unpaired) electrons. The van der Waals surface area contributed by atoms with Crippen LogP contribution < -0.4 is 4.74 Å². The molecule has 1 aromatic carbocycles. The molecule has 0 N–H and O–H groups in total. The predicted octanol–water partition coefficient (Wildman–Crippen LogP) is 2.65. The molecule has 0 bridgehead atoms. The van der Waals surface area contributed by atoms with Gasteiger partial charge in [-0.25, -0.2) is 8.42 Å². The van der Waals surface area contributed by atoms with E-state index in [0.717, 1.165) is 0 Å². The second kappa shape index (κ2) is 5.87. The van der Waals surface area contributed by atoms with Crippen molar-refractivity contribution in [1.29, 1.82) is 0 Å². The number of rotatable bonds is 3. The van der Waals surface area contributed by atoms with Gasteiger partial charge in [-0.15, -0.1) is 0 Å². The van der Waals surface area contributed by atoms with Crippen LogP contribution in [-0.2, 0) is 14.8 Å². The van der Waals surface area contributed by atoms with E-state index in [0.29, 0.717) is 23.3 Å². The van der Waals surface area contributed by atoms with Gasteiger partial charge in [-0.1, -0.05) is 0 Å². The third-order valence-corrected chi connectivity index (χ3v) is 5.73. The largest absolute Gasteiger partial charge is 0.496 e. The van der Waals surface area contributed by atoms with E-state index in [1.54, 1.807) is 25.3 Å². The second-order valence-corrected chi connectivity index (χ2v) is 8.57. The number of morpholine rings is 1. The van der Waals surface area contributed by atoms with Gasteiger partial charge in [-0.2, -0.15) is 4.31 Å². The molecule has 2 rings (SSSR count). The number of benzene rings is 1. The fraction of sp³-hybridized carbons (Fsp3) is 0.571. The smallest absolute Gasteiger partial charge is 0.243 e. The molecule has 1 aromatic rings. The number of methoxy groups -OCH3 is 1. The summed E-state index contributed by atoms with van der Waals surface area (Å²) in [5, 5.41) is 0. The minimum absolute atomic E-state index is 0.134. The molecule has 21 heavy (non-hydrogen) atoms. The summed E-state index contributed by atoms with van der Waals surface area (Å²) in [4.78, 5) is 0.250. The van der Waals surface area contributed by atoms with Crippen molar-refractivity contribution in [2.75, 3.05) is 20.2 Å². The Kier molecular flexibility index (Phi) is 4.68. The third-order valence-electron chi connectivity index (χ3n) is 3.30. The van der Waals surface area contributed by atoms with E-state index in [-0.39, 0.29) is 11.0 Å². The van der Waals surface area contributed by atoms with Crippen LogP contribution in [0.4, 0.5) is 0 Å². The topological polar surface area (TPSA) is 55.8 Å². The van der Waals surface area contributed by atoms with Crippen LogP contribution in [0.1, 0.15) is 20.8 Å². The Hall–Kier alpha value is -0.630. The van der Waals surface area contributed by atoms with Crippen LogP contribution >= 0.6 is 15.9 Å². The van der Waals surface area contributed by atoms with Crippen molar-refractivity contribution in [3.63, 3.8) is 0 Å². The van der Waals surface area contributed by atoms with Crippen LogP contribution in [-0.4, -0.2) is 44.6 Å². The standard InChI is InChI=1S/C14H20BrNO4S/c1-10-8-16(9-14(2,3)20-10)21(17,18)11-5-6-13(19-4)12(15)7-11/h5-7,10H,8-9H2,1-4H3. The lowest BCUT2D eigenvalue weighted by atomic mass is 10.1. The van der Waals surface area contributed by atoms with Crippen molar-refractivity contribution in [3.05, 3.63) is 22.7 Å². The molecule has 5 nitrogen and oxygen atoms in total. The Labute approximate surface area is 134 Å². The van der Waals surface area contributed by atoms with Crippen molar-refractivity contribution in [2.24, 2.45) is 0 Å². The van der Waals surface area contributed by atoms with E-state index < -0.39 is 15.6 Å². The molecule has 1 unspecified atom stereocenters. The predicted molar refractivity (Wildman–Crippen MR) is 84.1 cm³/mol. The van der Waals surface area contributed by atoms with E-state index in [1.807, 2.05) is 20.8 Å². The van der Waals surface area contributed by atoms with E-state index >= 15 is 0 Å². The van der Waals surface area contributed by atoms with Crippen LogP contribution in [0, 0.1) is 0 Å². The fourth-order valence-corrected chi connectivity index (χ4v) is 4.92. The highest BCUT2D eigenvalue weighted by Gasteiger charge is 2.38. The van der Waals surface area contributed by atoms with Crippen LogP contribution in [0.15, 0.2) is 27.6 Å². The number of halogens is 1. The van der Waals surface area contributed by atoms with Gasteiger partial charge in [-0.05, 0) is 54.9 Å². The summed E-state index contributed by atoms with van der Waals surface area (Å²) in [6.07, 6.45) is -0.134. The lowest BCUT2D eigenvalue weighted by Crippen LogP contribution is -2.53. The molecule has 0 spiro atoms. The number of hydrogen-bond acceptors (Lipinski definition) is 4. The second-order valence-electron chi connectivity index (χ2n) is 5.78. The Morgan fingerprint density at radius 3 is 2.62 bits per heavy atom. The summed E-state index contributed by atoms with van der Waals surface area (Å²) in [5.74, 6) is 0.602. The van der Waals surface area contributed by atoms with Crippen molar-refractivity contribution in [1.82, 2.24) is 4.31 Å². The minimum atomic E-state index is -3.55. The summed E-state index contributed by atoms with van der Waals surface area (Å²) >= 11 is 3.33. The zero-order chi connectivity index (χ0) is 15.8. The van der Waals surface area contributed by atoms with Gasteiger partial charge in [0.1, 0.15) is 5.75 Å². The molecule has 0 amide bonds. The quantitative estimate of drug-likeness (QED) is 0.812. The van der Waals surface area contributed by atoms with Crippen LogP contribution in [0.3, 0.4) is 0 Å². The van der Waals surface area contributed by atoms with Gasteiger partial charge >= 0.3 is 0 Å². The van der Waals surface area contributed by atoms with Gasteiger partial charge in [0.05, 0.1) is 28.2 Å². The number of sulfonamides is 1. The average molecular weight is 378 g/mol. The molecular formula is C14H20BrNO4S. The summed E-state index contributed by atoms with van der Waals surface area (Å²) in [6, 6.07) is 4.78. The molecule has 1 atom stereocenters. The van der Waals surface area contributed by atoms with Gasteiger partial charge in [0.2, 0.25) is 10.0 Å². The molecule has 1 aliphatic heterocycles. The summed E-state index contributed by atoms with van der Waals surface area (Å²) < 4.78 is 38.6. The fourth-order valence-electron chi connectivity index (χ4n) is 2.53. The molecule has 118 valence electrons. The first-order valence-corrected chi connectivity index (χ1v) is 8.90. The summed E-state index contributed by atoms with van der Waals surface area (Å²) in [7, 11) is -2.00. The first-order chi connectivity index (χ1) is 9.65. The Morgan fingerprint density at radius 1 is 1.43 bits per heavy atom. The molecule has 0 saturated carbocycles. The minimum Gasteiger partial charge on any atom is -0.496 e. The van der Waals surface area contributed by atoms with E-state index in [1.165, 1.54) is 4.31 Å². The number of nitrogens with zero attached hydrogens (tertiary/aromatic N) is 1. The zero-order valence-corrected chi connectivity index (χ0v) is 15.0. The molecule has 0 aliphatic carbocycles. The lowest BCUT2D eigenvalue weighted by molar-refractivity contribution is -0.109. The van der Waals surface area contributed by atoms with Crippen LogP contribution in [0.5, 0.6) is 5.75 Å². The van der Waals surface area contributed by atoms with Crippen LogP contribution in [0.25, 0.3) is 0 Å². The van der Waals surface area contributed by atoms with Gasteiger partial charge in [0, 0.05) is 13.1 Å². The maximum absolute atomic E-state index is 12.8. The van der Waals surface area contributed by atoms with Crippen molar-refractivity contribution < 1.29 is 17.9 Å². The SMILES string of the molecule is COc1ccc(S(=O)(=O)N2CC(C)OC(C)(C)C2)cc1Br. The van der Waals surface area contributed by atoms with Gasteiger partial charge in [-0.3, -0.25) is 0 Å². The van der Waals surface area contributed by atoms with Crippen molar-refractivity contribution in [2.45, 2.75) is 37.4 Å². The summed E-state index contributed by atoms with van der Waals surface area (Å²) in [6.45, 7) is 6.37. The highest BCUT2D eigenvalue weighted by molar-refractivity contribution is 9.10. The number of hydrogen-bond donors (Lipinski definition) is 0. The van der Waals surface area contributed by atoms with E-state index in [4.69, 9.17) is 9.47 Å². The zero-order valence-electron chi connectivity index (χ0n) is 12.6. The molecule has 1 saturated heterocycles. The van der Waals surface area contributed by atoms with Crippen LogP contribution in [0.2, 0.25) is 0 Å². The Bertz CT molecular complexity index is 630. The maximum Gasteiger partial charge on any atom is 0.243 e. The van der Waals surface area contributed by atoms with Gasteiger partial charge < -0.3 is 9.47 Å².